The number of ether oxygens (including phenoxy) is 1. The number of likely N-dealkylation sites (tertiary alicyclic amines) is 1. The lowest BCUT2D eigenvalue weighted by Gasteiger charge is -2.35. The van der Waals surface area contributed by atoms with Gasteiger partial charge in [0, 0.05) is 13.5 Å². The second-order valence-corrected chi connectivity index (χ2v) is 7.39. The molecule has 0 aromatic carbocycles. The third kappa shape index (κ3) is 4.83. The molecule has 1 heterocycles. The minimum Gasteiger partial charge on any atom is -0.444 e. The molecule has 4 atom stereocenters. The second-order valence-electron chi connectivity index (χ2n) is 7.39. The van der Waals surface area contributed by atoms with Crippen LogP contribution in [0.2, 0.25) is 0 Å². The first-order valence-corrected chi connectivity index (χ1v) is 8.31. The summed E-state index contributed by atoms with van der Waals surface area (Å²) in [5.41, 5.74) is -0.679. The van der Waals surface area contributed by atoms with Crippen LogP contribution in [0.15, 0.2) is 0 Å². The smallest absolute Gasteiger partial charge is 0.410 e. The highest BCUT2D eigenvalue weighted by Crippen LogP contribution is 2.25. The monoisotopic (exact) mass is 341 g/mol. The first-order chi connectivity index (χ1) is 11.0. The first-order valence-electron chi connectivity index (χ1n) is 8.31. The number of carbonyl (C=O) groups is 2. The zero-order valence-electron chi connectivity index (χ0n) is 15.4. The van der Waals surface area contributed by atoms with E-state index in [4.69, 9.17) is 10.00 Å². The number of hydrogen-bond donors (Lipinski definition) is 0. The summed E-state index contributed by atoms with van der Waals surface area (Å²) >= 11 is 0. The van der Waals surface area contributed by atoms with Gasteiger partial charge >= 0.3 is 6.09 Å². The fourth-order valence-electron chi connectivity index (χ4n) is 2.78. The van der Waals surface area contributed by atoms with Gasteiger partial charge in [0.2, 0.25) is 5.91 Å². The van der Waals surface area contributed by atoms with Gasteiger partial charge in [-0.2, -0.15) is 5.26 Å². The molecule has 0 unspecified atom stereocenters. The number of nitriles is 1. The molecule has 24 heavy (non-hydrogen) atoms. The van der Waals surface area contributed by atoms with E-state index < -0.39 is 35.9 Å². The molecule has 0 N–H and O–H groups in total. The molecule has 1 rings (SSSR count). The molecule has 1 aliphatic heterocycles. The first kappa shape index (κ1) is 20.2. The van der Waals surface area contributed by atoms with Crippen molar-refractivity contribution >= 4 is 12.0 Å². The van der Waals surface area contributed by atoms with Gasteiger partial charge in [0.15, 0.2) is 0 Å². The number of likely N-dealkylation sites (N-methyl/N-ethyl adjacent to an activating group) is 1. The van der Waals surface area contributed by atoms with E-state index in [0.717, 1.165) is 0 Å². The molecule has 0 aromatic heterocycles. The molecule has 0 radical (unpaired) electrons. The summed E-state index contributed by atoms with van der Waals surface area (Å²) < 4.78 is 19.0. The van der Waals surface area contributed by atoms with Crippen molar-refractivity contribution in [3.63, 3.8) is 0 Å². The SMILES string of the molecule is CC[C@H](C)[C@@H](C(=O)N1C[C@@H](F)C[C@H]1C#N)N(C)C(=O)OC(C)(C)C. The van der Waals surface area contributed by atoms with Crippen molar-refractivity contribution < 1.29 is 18.7 Å². The summed E-state index contributed by atoms with van der Waals surface area (Å²) in [6.07, 6.45) is -1.13. The summed E-state index contributed by atoms with van der Waals surface area (Å²) in [6, 6.07) is 0.402. The number of nitrogens with zero attached hydrogens (tertiary/aromatic N) is 3. The van der Waals surface area contributed by atoms with Crippen molar-refractivity contribution in [1.82, 2.24) is 9.80 Å². The van der Waals surface area contributed by atoms with Crippen LogP contribution in [0.4, 0.5) is 9.18 Å². The maximum atomic E-state index is 13.6. The van der Waals surface area contributed by atoms with E-state index in [1.165, 1.54) is 16.8 Å². The molecule has 1 fully saturated rings. The third-order valence-electron chi connectivity index (χ3n) is 4.22. The number of rotatable bonds is 4. The van der Waals surface area contributed by atoms with Crippen molar-refractivity contribution in [2.24, 2.45) is 5.92 Å². The number of alkyl halides is 1. The molecule has 0 aromatic rings. The van der Waals surface area contributed by atoms with Crippen LogP contribution in [-0.2, 0) is 9.53 Å². The maximum absolute atomic E-state index is 13.6. The normalized spacial score (nSPS) is 23.3. The van der Waals surface area contributed by atoms with Crippen LogP contribution in [-0.4, -0.2) is 59.2 Å². The average Bonchev–Trinajstić information content (AvgIpc) is 2.86. The largest absolute Gasteiger partial charge is 0.444 e. The molecule has 0 aliphatic carbocycles. The predicted octanol–water partition coefficient (Wildman–Crippen LogP) is 2.73. The average molecular weight is 341 g/mol. The Morgan fingerprint density at radius 3 is 2.50 bits per heavy atom. The standard InChI is InChI=1S/C17H28FN3O3/c1-7-11(2)14(20(6)16(23)24-17(3,4)5)15(22)21-10-12(18)8-13(21)9-19/h11-14H,7-8,10H2,1-6H3/t11-,12-,13-,14-/m0/s1. The zero-order valence-corrected chi connectivity index (χ0v) is 15.4. The van der Waals surface area contributed by atoms with Crippen LogP contribution in [0.1, 0.15) is 47.5 Å². The Morgan fingerprint density at radius 2 is 2.04 bits per heavy atom. The molecule has 6 nitrogen and oxygen atoms in total. The van der Waals surface area contributed by atoms with Gasteiger partial charge in [-0.05, 0) is 26.7 Å². The summed E-state index contributed by atoms with van der Waals surface area (Å²) in [5.74, 6) is -0.544. The lowest BCUT2D eigenvalue weighted by Crippen LogP contribution is -2.54. The number of amides is 2. The molecule has 136 valence electrons. The summed E-state index contributed by atoms with van der Waals surface area (Å²) in [6.45, 7) is 8.91. The van der Waals surface area contributed by atoms with Crippen LogP contribution in [0.3, 0.4) is 0 Å². The van der Waals surface area contributed by atoms with Crippen LogP contribution in [0.25, 0.3) is 0 Å². The Hall–Kier alpha value is -1.84. The highest BCUT2D eigenvalue weighted by atomic mass is 19.1. The maximum Gasteiger partial charge on any atom is 0.410 e. The second kappa shape index (κ2) is 7.82. The summed E-state index contributed by atoms with van der Waals surface area (Å²) in [5, 5.41) is 9.17. The Labute approximate surface area is 143 Å². The van der Waals surface area contributed by atoms with Crippen molar-refractivity contribution in [2.45, 2.75) is 71.3 Å². The molecule has 1 aliphatic rings. The van der Waals surface area contributed by atoms with Crippen LogP contribution in [0, 0.1) is 17.2 Å². The molecule has 0 spiro atoms. The molecule has 0 saturated carbocycles. The zero-order chi connectivity index (χ0) is 18.7. The van der Waals surface area contributed by atoms with E-state index in [0.29, 0.717) is 6.42 Å². The molecular formula is C17H28FN3O3. The van der Waals surface area contributed by atoms with Gasteiger partial charge in [-0.3, -0.25) is 9.69 Å². The van der Waals surface area contributed by atoms with Gasteiger partial charge in [0.1, 0.15) is 23.9 Å². The van der Waals surface area contributed by atoms with Gasteiger partial charge < -0.3 is 9.64 Å². The van der Waals surface area contributed by atoms with Crippen molar-refractivity contribution in [3.05, 3.63) is 0 Å². The molecular weight excluding hydrogens is 313 g/mol. The Balaban J connectivity index is 3.02. The van der Waals surface area contributed by atoms with Crippen LogP contribution in [0.5, 0.6) is 0 Å². The molecule has 0 bridgehead atoms. The van der Waals surface area contributed by atoms with E-state index in [9.17, 15) is 14.0 Å². The van der Waals surface area contributed by atoms with Gasteiger partial charge in [-0.25, -0.2) is 9.18 Å². The molecule has 2 amide bonds. The van der Waals surface area contributed by atoms with Gasteiger partial charge in [-0.1, -0.05) is 20.3 Å². The predicted molar refractivity (Wildman–Crippen MR) is 87.9 cm³/mol. The van der Waals surface area contributed by atoms with E-state index in [1.807, 2.05) is 19.9 Å². The quantitative estimate of drug-likeness (QED) is 0.788. The summed E-state index contributed by atoms with van der Waals surface area (Å²) in [7, 11) is 1.51. The van der Waals surface area contributed by atoms with E-state index in [1.54, 1.807) is 20.8 Å². The highest BCUT2D eigenvalue weighted by molar-refractivity contribution is 5.86. The number of hydrogen-bond acceptors (Lipinski definition) is 4. The lowest BCUT2D eigenvalue weighted by atomic mass is 9.96. The third-order valence-corrected chi connectivity index (χ3v) is 4.22. The van der Waals surface area contributed by atoms with E-state index in [2.05, 4.69) is 0 Å². The minimum atomic E-state index is -1.21. The van der Waals surface area contributed by atoms with Gasteiger partial charge in [0.25, 0.3) is 0 Å². The number of halogens is 1. The van der Waals surface area contributed by atoms with Crippen LogP contribution < -0.4 is 0 Å². The van der Waals surface area contributed by atoms with Crippen LogP contribution >= 0.6 is 0 Å². The Morgan fingerprint density at radius 1 is 1.46 bits per heavy atom. The fraction of sp³-hybridized carbons (Fsp3) is 0.824. The van der Waals surface area contributed by atoms with Crippen molar-refractivity contribution in [3.8, 4) is 6.07 Å². The van der Waals surface area contributed by atoms with E-state index in [-0.39, 0.29) is 18.9 Å². The van der Waals surface area contributed by atoms with Crippen molar-refractivity contribution in [2.75, 3.05) is 13.6 Å². The number of carbonyl (C=O) groups excluding carboxylic acids is 2. The minimum absolute atomic E-state index is 0.0195. The fourth-order valence-corrected chi connectivity index (χ4v) is 2.78. The lowest BCUT2D eigenvalue weighted by molar-refractivity contribution is -0.138. The Bertz CT molecular complexity index is 512. The molecule has 7 heteroatoms. The van der Waals surface area contributed by atoms with E-state index >= 15 is 0 Å². The van der Waals surface area contributed by atoms with Gasteiger partial charge in [0.05, 0.1) is 12.6 Å². The van der Waals surface area contributed by atoms with Gasteiger partial charge in [-0.15, -0.1) is 0 Å². The molecule has 1 saturated heterocycles. The Kier molecular flexibility index (Phi) is 6.58. The van der Waals surface area contributed by atoms with Crippen molar-refractivity contribution in [1.29, 1.82) is 5.26 Å². The topological polar surface area (TPSA) is 73.6 Å². The summed E-state index contributed by atoms with van der Waals surface area (Å²) in [4.78, 5) is 27.8. The highest BCUT2D eigenvalue weighted by Gasteiger charge is 2.42.